The predicted octanol–water partition coefficient (Wildman–Crippen LogP) is 4.02. The lowest BCUT2D eigenvalue weighted by Crippen LogP contribution is -2.29. The van der Waals surface area contributed by atoms with Crippen molar-refractivity contribution in [1.82, 2.24) is 9.55 Å². The van der Waals surface area contributed by atoms with Crippen LogP contribution in [0.2, 0.25) is 0 Å². The molecule has 2 aliphatic rings. The zero-order valence-corrected chi connectivity index (χ0v) is 18.2. The number of unbranched alkanes of at least 4 members (excludes halogenated alkanes) is 2. The Morgan fingerprint density at radius 1 is 1.32 bits per heavy atom. The molecule has 2 unspecified atom stereocenters. The predicted molar refractivity (Wildman–Crippen MR) is 116 cm³/mol. The highest BCUT2D eigenvalue weighted by Gasteiger charge is 2.26. The van der Waals surface area contributed by atoms with Gasteiger partial charge in [-0.1, -0.05) is 25.1 Å². The van der Waals surface area contributed by atoms with E-state index in [1.807, 2.05) is 4.57 Å². The molecular weight excluding hydrogens is 392 g/mol. The molecule has 0 radical (unpaired) electrons. The van der Waals surface area contributed by atoms with Gasteiger partial charge >= 0.3 is 0 Å². The minimum Gasteiger partial charge on any atom is -0.396 e. The lowest BCUT2D eigenvalue weighted by molar-refractivity contribution is 0.0937. The van der Waals surface area contributed by atoms with Crippen LogP contribution in [0, 0.1) is 5.92 Å². The number of aliphatic hydroxyl groups is 1. The van der Waals surface area contributed by atoms with E-state index in [1.165, 1.54) is 10.4 Å². The summed E-state index contributed by atoms with van der Waals surface area (Å²) in [5, 5.41) is 10.7. The molecule has 0 bridgehead atoms. The fraction of sp³-hybridized carbons (Fsp3) is 0.714. The van der Waals surface area contributed by atoms with E-state index in [4.69, 9.17) is 14.8 Å². The van der Waals surface area contributed by atoms with E-state index in [2.05, 4.69) is 6.92 Å². The molecule has 5 nitrogen and oxygen atoms in total. The van der Waals surface area contributed by atoms with E-state index in [1.54, 1.807) is 23.1 Å². The van der Waals surface area contributed by atoms with E-state index in [-0.39, 0.29) is 18.3 Å². The summed E-state index contributed by atoms with van der Waals surface area (Å²) in [4.78, 5) is 20.8. The van der Waals surface area contributed by atoms with Crippen molar-refractivity contribution < 1.29 is 9.84 Å². The number of ether oxygens (including phenoxy) is 1. The first-order valence-corrected chi connectivity index (χ1v) is 12.4. The third-order valence-corrected chi connectivity index (χ3v) is 8.03. The standard InChI is InChI=1S/C21H30N2O3S2/c1-14-7-8-16-17(12-14)28-19-18(16)20(25)23(13-15-6-5-10-26-15)21(22-19)27-11-4-2-3-9-24/h14-15,24H,2-13H2,1H3. The molecule has 3 heterocycles. The first kappa shape index (κ1) is 20.4. The topological polar surface area (TPSA) is 64.3 Å². The Morgan fingerprint density at radius 3 is 3.00 bits per heavy atom. The molecule has 154 valence electrons. The minimum atomic E-state index is 0.125. The number of rotatable bonds is 8. The molecule has 1 aliphatic heterocycles. The van der Waals surface area contributed by atoms with Crippen LogP contribution in [0.25, 0.3) is 10.2 Å². The number of fused-ring (bicyclic) bond motifs is 3. The zero-order chi connectivity index (χ0) is 19.5. The number of aromatic nitrogens is 2. The van der Waals surface area contributed by atoms with Crippen molar-refractivity contribution in [1.29, 1.82) is 0 Å². The summed E-state index contributed by atoms with van der Waals surface area (Å²) < 4.78 is 7.71. The quantitative estimate of drug-likeness (QED) is 0.395. The lowest BCUT2D eigenvalue weighted by Gasteiger charge is -2.18. The van der Waals surface area contributed by atoms with Gasteiger partial charge in [-0.05, 0) is 56.4 Å². The highest BCUT2D eigenvalue weighted by atomic mass is 32.2. The molecule has 1 aliphatic carbocycles. The monoisotopic (exact) mass is 422 g/mol. The fourth-order valence-electron chi connectivity index (χ4n) is 4.22. The van der Waals surface area contributed by atoms with Gasteiger partial charge in [0.15, 0.2) is 5.16 Å². The smallest absolute Gasteiger partial charge is 0.263 e. The first-order chi connectivity index (χ1) is 13.7. The summed E-state index contributed by atoms with van der Waals surface area (Å²) in [7, 11) is 0. The molecule has 28 heavy (non-hydrogen) atoms. The van der Waals surface area contributed by atoms with E-state index in [0.717, 1.165) is 79.1 Å². The summed E-state index contributed by atoms with van der Waals surface area (Å²) in [6.07, 6.45) is 8.32. The molecule has 2 atom stereocenters. The average molecular weight is 423 g/mol. The van der Waals surface area contributed by atoms with E-state index >= 15 is 0 Å². The lowest BCUT2D eigenvalue weighted by atomic mass is 9.89. The van der Waals surface area contributed by atoms with Crippen molar-refractivity contribution in [3.63, 3.8) is 0 Å². The maximum absolute atomic E-state index is 13.5. The van der Waals surface area contributed by atoms with E-state index in [9.17, 15) is 4.79 Å². The van der Waals surface area contributed by atoms with E-state index in [0.29, 0.717) is 12.5 Å². The van der Waals surface area contributed by atoms with Crippen LogP contribution < -0.4 is 5.56 Å². The van der Waals surface area contributed by atoms with Gasteiger partial charge < -0.3 is 9.84 Å². The number of aryl methyl sites for hydroxylation is 1. The van der Waals surface area contributed by atoms with Gasteiger partial charge in [0.25, 0.3) is 5.56 Å². The number of hydrogen-bond acceptors (Lipinski definition) is 6. The third-order valence-electron chi connectivity index (χ3n) is 5.82. The molecule has 2 aromatic heterocycles. The number of aliphatic hydroxyl groups excluding tert-OH is 1. The minimum absolute atomic E-state index is 0.125. The highest BCUT2D eigenvalue weighted by Crippen LogP contribution is 2.36. The number of hydrogen-bond donors (Lipinski definition) is 1. The van der Waals surface area contributed by atoms with Crippen LogP contribution in [0.3, 0.4) is 0 Å². The van der Waals surface area contributed by atoms with Crippen molar-refractivity contribution in [2.75, 3.05) is 19.0 Å². The number of thiophene rings is 1. The molecule has 1 fully saturated rings. The van der Waals surface area contributed by atoms with Crippen LogP contribution in [-0.2, 0) is 24.1 Å². The van der Waals surface area contributed by atoms with Crippen LogP contribution in [-0.4, -0.2) is 39.7 Å². The molecule has 0 saturated carbocycles. The van der Waals surface area contributed by atoms with Crippen LogP contribution in [0.1, 0.15) is 55.9 Å². The third kappa shape index (κ3) is 4.32. The van der Waals surface area contributed by atoms with Gasteiger partial charge in [0.1, 0.15) is 4.83 Å². The van der Waals surface area contributed by atoms with Crippen LogP contribution >= 0.6 is 23.1 Å². The number of nitrogens with zero attached hydrogens (tertiary/aromatic N) is 2. The summed E-state index contributed by atoms with van der Waals surface area (Å²) in [5.74, 6) is 1.61. The van der Waals surface area contributed by atoms with Gasteiger partial charge in [-0.3, -0.25) is 9.36 Å². The Bertz CT molecular complexity index is 871. The molecule has 2 aromatic rings. The molecule has 4 rings (SSSR count). The Morgan fingerprint density at radius 2 is 2.21 bits per heavy atom. The van der Waals surface area contributed by atoms with Gasteiger partial charge in [0.05, 0.1) is 18.0 Å². The second kappa shape index (κ2) is 9.28. The summed E-state index contributed by atoms with van der Waals surface area (Å²) >= 11 is 3.41. The van der Waals surface area contributed by atoms with Gasteiger partial charge in [0.2, 0.25) is 0 Å². The summed E-state index contributed by atoms with van der Waals surface area (Å²) in [5.41, 5.74) is 1.39. The Kier molecular flexibility index (Phi) is 6.76. The van der Waals surface area contributed by atoms with Crippen LogP contribution in [0.15, 0.2) is 9.95 Å². The van der Waals surface area contributed by atoms with Gasteiger partial charge in [-0.25, -0.2) is 4.98 Å². The molecule has 0 aromatic carbocycles. The second-order valence-corrected chi connectivity index (χ2v) is 10.3. The summed E-state index contributed by atoms with van der Waals surface area (Å²) in [6, 6.07) is 0. The molecule has 0 spiro atoms. The Hall–Kier alpha value is -0.890. The highest BCUT2D eigenvalue weighted by molar-refractivity contribution is 7.99. The van der Waals surface area contributed by atoms with Crippen molar-refractivity contribution in [3.8, 4) is 0 Å². The van der Waals surface area contributed by atoms with Crippen LogP contribution in [0.5, 0.6) is 0 Å². The first-order valence-electron chi connectivity index (χ1n) is 10.6. The van der Waals surface area contributed by atoms with Gasteiger partial charge in [0, 0.05) is 23.8 Å². The van der Waals surface area contributed by atoms with Crippen molar-refractivity contribution in [2.45, 2.75) is 76.1 Å². The average Bonchev–Trinajstić information content (AvgIpc) is 3.31. The maximum atomic E-state index is 13.5. The second-order valence-electron chi connectivity index (χ2n) is 8.11. The molecule has 1 N–H and O–H groups in total. The SMILES string of the molecule is CC1CCc2c(sc3nc(SCCCCCO)n(CC4CCCO4)c(=O)c23)C1. The zero-order valence-electron chi connectivity index (χ0n) is 16.6. The van der Waals surface area contributed by atoms with Gasteiger partial charge in [-0.2, -0.15) is 0 Å². The molecule has 7 heteroatoms. The van der Waals surface area contributed by atoms with Crippen LogP contribution in [0.4, 0.5) is 0 Å². The summed E-state index contributed by atoms with van der Waals surface area (Å²) in [6.45, 7) is 3.95. The van der Waals surface area contributed by atoms with Crippen molar-refractivity contribution in [3.05, 3.63) is 20.8 Å². The molecule has 1 saturated heterocycles. The Balaban J connectivity index is 1.67. The Labute approximate surface area is 174 Å². The fourth-order valence-corrected chi connectivity index (χ4v) is 6.65. The maximum Gasteiger partial charge on any atom is 0.263 e. The van der Waals surface area contributed by atoms with Crippen molar-refractivity contribution in [2.24, 2.45) is 5.92 Å². The normalized spacial score (nSPS) is 22.1. The molecular formula is C21H30N2O3S2. The molecule has 0 amide bonds. The van der Waals surface area contributed by atoms with E-state index < -0.39 is 0 Å². The largest absolute Gasteiger partial charge is 0.396 e. The van der Waals surface area contributed by atoms with Gasteiger partial charge in [-0.15, -0.1) is 11.3 Å². The number of thioether (sulfide) groups is 1. The van der Waals surface area contributed by atoms with Crippen molar-refractivity contribution >= 4 is 33.3 Å².